The van der Waals surface area contributed by atoms with Gasteiger partial charge in [0.25, 0.3) is 0 Å². The molecule has 0 atom stereocenters. The summed E-state index contributed by atoms with van der Waals surface area (Å²) in [5, 5.41) is 3.51. The number of rotatable bonds is 8. The SMILES string of the molecule is COCCCN(C)Cc1ccc(CNC(C)(C)C)cc1Br. The third kappa shape index (κ3) is 7.96. The fourth-order valence-electron chi connectivity index (χ4n) is 2.04. The van der Waals surface area contributed by atoms with Crippen LogP contribution < -0.4 is 5.32 Å². The number of benzene rings is 1. The Morgan fingerprint density at radius 3 is 2.57 bits per heavy atom. The van der Waals surface area contributed by atoms with Gasteiger partial charge in [0.05, 0.1) is 0 Å². The molecule has 0 heterocycles. The molecule has 0 bridgehead atoms. The van der Waals surface area contributed by atoms with E-state index in [0.717, 1.165) is 32.7 Å². The van der Waals surface area contributed by atoms with Crippen LogP contribution in [0.2, 0.25) is 0 Å². The number of halogens is 1. The van der Waals surface area contributed by atoms with E-state index in [4.69, 9.17) is 4.74 Å². The van der Waals surface area contributed by atoms with E-state index in [-0.39, 0.29) is 5.54 Å². The highest BCUT2D eigenvalue weighted by Gasteiger charge is 2.10. The zero-order valence-corrected chi connectivity index (χ0v) is 15.6. The van der Waals surface area contributed by atoms with Crippen LogP contribution in [0.15, 0.2) is 22.7 Å². The third-order valence-electron chi connectivity index (χ3n) is 3.27. The lowest BCUT2D eigenvalue weighted by atomic mass is 10.1. The Morgan fingerprint density at radius 1 is 1.29 bits per heavy atom. The molecule has 0 aliphatic carbocycles. The summed E-state index contributed by atoms with van der Waals surface area (Å²) in [4.78, 5) is 2.33. The Hall–Kier alpha value is -0.420. The van der Waals surface area contributed by atoms with Crippen LogP contribution in [0.4, 0.5) is 0 Å². The molecule has 1 rings (SSSR count). The van der Waals surface area contributed by atoms with Crippen molar-refractivity contribution in [2.75, 3.05) is 27.3 Å². The van der Waals surface area contributed by atoms with Crippen molar-refractivity contribution < 1.29 is 4.74 Å². The van der Waals surface area contributed by atoms with Gasteiger partial charge in [-0.2, -0.15) is 0 Å². The van der Waals surface area contributed by atoms with Crippen molar-refractivity contribution >= 4 is 15.9 Å². The topological polar surface area (TPSA) is 24.5 Å². The molecule has 0 aliphatic rings. The van der Waals surface area contributed by atoms with Gasteiger partial charge in [0.2, 0.25) is 0 Å². The van der Waals surface area contributed by atoms with Gasteiger partial charge in [0.1, 0.15) is 0 Å². The lowest BCUT2D eigenvalue weighted by Gasteiger charge is -2.21. The summed E-state index contributed by atoms with van der Waals surface area (Å²) in [6.45, 7) is 10.3. The van der Waals surface area contributed by atoms with Crippen molar-refractivity contribution in [3.63, 3.8) is 0 Å². The van der Waals surface area contributed by atoms with Crippen molar-refractivity contribution in [3.8, 4) is 0 Å². The molecule has 0 saturated carbocycles. The van der Waals surface area contributed by atoms with Crippen LogP contribution in [0.25, 0.3) is 0 Å². The first kappa shape index (κ1) is 18.6. The van der Waals surface area contributed by atoms with Crippen molar-refractivity contribution in [1.29, 1.82) is 0 Å². The van der Waals surface area contributed by atoms with Crippen LogP contribution in [0.1, 0.15) is 38.3 Å². The molecular formula is C17H29BrN2O. The van der Waals surface area contributed by atoms with Crippen molar-refractivity contribution in [3.05, 3.63) is 33.8 Å². The number of nitrogens with one attached hydrogen (secondary N) is 1. The van der Waals surface area contributed by atoms with Gasteiger partial charge in [-0.3, -0.25) is 0 Å². The molecule has 0 fully saturated rings. The molecule has 120 valence electrons. The van der Waals surface area contributed by atoms with E-state index in [0.29, 0.717) is 0 Å². The minimum absolute atomic E-state index is 0.146. The molecule has 0 aromatic heterocycles. The third-order valence-corrected chi connectivity index (χ3v) is 4.01. The standard InChI is InChI=1S/C17H29BrN2O/c1-17(2,3)19-12-14-7-8-15(16(18)11-14)13-20(4)9-6-10-21-5/h7-8,11,19H,6,9-10,12-13H2,1-5H3. The lowest BCUT2D eigenvalue weighted by Crippen LogP contribution is -2.35. The van der Waals surface area contributed by atoms with E-state index >= 15 is 0 Å². The monoisotopic (exact) mass is 356 g/mol. The van der Waals surface area contributed by atoms with Crippen LogP contribution in [0, 0.1) is 0 Å². The Labute approximate surface area is 138 Å². The van der Waals surface area contributed by atoms with Crippen LogP contribution >= 0.6 is 15.9 Å². The highest BCUT2D eigenvalue weighted by Crippen LogP contribution is 2.20. The summed E-state index contributed by atoms with van der Waals surface area (Å²) < 4.78 is 6.28. The second-order valence-electron chi connectivity index (χ2n) is 6.61. The highest BCUT2D eigenvalue weighted by atomic mass is 79.9. The quantitative estimate of drug-likeness (QED) is 0.716. The number of nitrogens with zero attached hydrogens (tertiary/aromatic N) is 1. The minimum Gasteiger partial charge on any atom is -0.385 e. The second kappa shape index (κ2) is 8.89. The van der Waals surface area contributed by atoms with Gasteiger partial charge in [-0.1, -0.05) is 28.1 Å². The molecule has 1 N–H and O–H groups in total. The van der Waals surface area contributed by atoms with E-state index in [1.165, 1.54) is 15.6 Å². The molecule has 1 aromatic carbocycles. The molecule has 1 aromatic rings. The van der Waals surface area contributed by atoms with Crippen LogP contribution in [0.3, 0.4) is 0 Å². The normalized spacial score (nSPS) is 12.1. The van der Waals surface area contributed by atoms with Crippen LogP contribution in [0.5, 0.6) is 0 Å². The Kier molecular flexibility index (Phi) is 7.88. The molecule has 3 nitrogen and oxygen atoms in total. The van der Waals surface area contributed by atoms with Gasteiger partial charge in [-0.05, 0) is 51.4 Å². The van der Waals surface area contributed by atoms with Gasteiger partial charge in [0.15, 0.2) is 0 Å². The molecular weight excluding hydrogens is 328 g/mol. The largest absolute Gasteiger partial charge is 0.385 e. The summed E-state index contributed by atoms with van der Waals surface area (Å²) in [7, 11) is 3.90. The number of hydrogen-bond acceptors (Lipinski definition) is 3. The van der Waals surface area contributed by atoms with Crippen molar-refractivity contribution in [1.82, 2.24) is 10.2 Å². The maximum atomic E-state index is 5.09. The Morgan fingerprint density at radius 2 is 2.00 bits per heavy atom. The summed E-state index contributed by atoms with van der Waals surface area (Å²) in [6, 6.07) is 6.65. The smallest absolute Gasteiger partial charge is 0.0474 e. The van der Waals surface area contributed by atoms with E-state index in [1.807, 2.05) is 0 Å². The highest BCUT2D eigenvalue weighted by molar-refractivity contribution is 9.10. The second-order valence-corrected chi connectivity index (χ2v) is 7.47. The minimum atomic E-state index is 0.146. The molecule has 4 heteroatoms. The van der Waals surface area contributed by atoms with Gasteiger partial charge in [-0.15, -0.1) is 0 Å². The maximum Gasteiger partial charge on any atom is 0.0474 e. The maximum absolute atomic E-state index is 5.09. The number of ether oxygens (including phenoxy) is 1. The number of methoxy groups -OCH3 is 1. The van der Waals surface area contributed by atoms with Crippen molar-refractivity contribution in [2.45, 2.75) is 45.8 Å². The molecule has 0 aliphatic heterocycles. The van der Waals surface area contributed by atoms with Crippen LogP contribution in [-0.4, -0.2) is 37.7 Å². The van der Waals surface area contributed by atoms with E-state index in [9.17, 15) is 0 Å². The fourth-order valence-corrected chi connectivity index (χ4v) is 2.60. The average molecular weight is 357 g/mol. The zero-order valence-electron chi connectivity index (χ0n) is 14.0. The molecule has 0 radical (unpaired) electrons. The molecule has 21 heavy (non-hydrogen) atoms. The van der Waals surface area contributed by atoms with Gasteiger partial charge >= 0.3 is 0 Å². The van der Waals surface area contributed by atoms with Gasteiger partial charge in [0, 0.05) is 43.4 Å². The van der Waals surface area contributed by atoms with E-state index in [2.05, 4.69) is 72.2 Å². The first-order chi connectivity index (χ1) is 9.81. The number of hydrogen-bond donors (Lipinski definition) is 1. The average Bonchev–Trinajstić information content (AvgIpc) is 2.39. The first-order valence-electron chi connectivity index (χ1n) is 7.51. The van der Waals surface area contributed by atoms with E-state index in [1.54, 1.807) is 7.11 Å². The lowest BCUT2D eigenvalue weighted by molar-refractivity contribution is 0.178. The molecule has 0 spiro atoms. The summed E-state index contributed by atoms with van der Waals surface area (Å²) >= 11 is 3.70. The summed E-state index contributed by atoms with van der Waals surface area (Å²) in [5.74, 6) is 0. The summed E-state index contributed by atoms with van der Waals surface area (Å²) in [5.41, 5.74) is 2.78. The molecule has 0 saturated heterocycles. The Balaban J connectivity index is 2.53. The fraction of sp³-hybridized carbons (Fsp3) is 0.647. The van der Waals surface area contributed by atoms with Crippen molar-refractivity contribution in [2.24, 2.45) is 0 Å². The Bertz CT molecular complexity index is 429. The molecule has 0 unspecified atom stereocenters. The van der Waals surface area contributed by atoms with Gasteiger partial charge < -0.3 is 15.0 Å². The molecule has 0 amide bonds. The predicted molar refractivity (Wildman–Crippen MR) is 93.6 cm³/mol. The first-order valence-corrected chi connectivity index (χ1v) is 8.31. The van der Waals surface area contributed by atoms with Gasteiger partial charge in [-0.25, -0.2) is 0 Å². The zero-order chi connectivity index (χ0) is 15.9. The summed E-state index contributed by atoms with van der Waals surface area (Å²) in [6.07, 6.45) is 1.07. The van der Waals surface area contributed by atoms with E-state index < -0.39 is 0 Å². The van der Waals surface area contributed by atoms with Crippen LogP contribution in [-0.2, 0) is 17.8 Å². The predicted octanol–water partition coefficient (Wildman–Crippen LogP) is 3.81.